The molecule has 3 heteroatoms. The van der Waals surface area contributed by atoms with Crippen molar-refractivity contribution in [1.82, 2.24) is 5.32 Å². The predicted molar refractivity (Wildman–Crippen MR) is 88.5 cm³/mol. The third-order valence-corrected chi connectivity index (χ3v) is 4.20. The van der Waals surface area contributed by atoms with Gasteiger partial charge in [0.15, 0.2) is 0 Å². The van der Waals surface area contributed by atoms with E-state index in [-0.39, 0.29) is 0 Å². The Morgan fingerprint density at radius 3 is 2.60 bits per heavy atom. The molecule has 0 saturated heterocycles. The zero-order chi connectivity index (χ0) is 13.9. The van der Waals surface area contributed by atoms with Crippen molar-refractivity contribution in [2.75, 3.05) is 11.9 Å². The van der Waals surface area contributed by atoms with E-state index in [0.717, 1.165) is 17.1 Å². The lowest BCUT2D eigenvalue weighted by Crippen LogP contribution is -2.19. The van der Waals surface area contributed by atoms with Crippen molar-refractivity contribution in [3.63, 3.8) is 0 Å². The van der Waals surface area contributed by atoms with E-state index in [9.17, 15) is 0 Å². The van der Waals surface area contributed by atoms with Gasteiger partial charge in [0, 0.05) is 35.5 Å². The van der Waals surface area contributed by atoms with Crippen LogP contribution in [0.25, 0.3) is 0 Å². The van der Waals surface area contributed by atoms with Gasteiger partial charge in [-0.2, -0.15) is 0 Å². The Morgan fingerprint density at radius 1 is 1.15 bits per heavy atom. The zero-order valence-electron chi connectivity index (χ0n) is 11.6. The first-order valence-corrected chi connectivity index (χ1v) is 7.84. The summed E-state index contributed by atoms with van der Waals surface area (Å²) in [6.07, 6.45) is 2.63. The molecule has 0 aromatic heterocycles. The maximum absolute atomic E-state index is 3.60. The standard InChI is InChI=1S/C17H19BrN2/c1-20(16-5-3-2-4-6-16)17-10-7-14(18)11-13(17)12-19-15-8-9-15/h2-7,10-11,15,19H,8-9,12H2,1H3. The average molecular weight is 331 g/mol. The van der Waals surface area contributed by atoms with Gasteiger partial charge in [-0.3, -0.25) is 0 Å². The summed E-state index contributed by atoms with van der Waals surface area (Å²) >= 11 is 3.58. The summed E-state index contributed by atoms with van der Waals surface area (Å²) in [7, 11) is 2.12. The van der Waals surface area contributed by atoms with Crippen molar-refractivity contribution in [2.45, 2.75) is 25.4 Å². The first-order chi connectivity index (χ1) is 9.74. The van der Waals surface area contributed by atoms with Gasteiger partial charge in [-0.05, 0) is 48.7 Å². The molecule has 0 aliphatic heterocycles. The molecule has 1 N–H and O–H groups in total. The molecule has 2 aromatic carbocycles. The maximum atomic E-state index is 3.60. The molecule has 3 rings (SSSR count). The van der Waals surface area contributed by atoms with Gasteiger partial charge in [0.05, 0.1) is 0 Å². The number of benzene rings is 2. The maximum Gasteiger partial charge on any atom is 0.0454 e. The number of rotatable bonds is 5. The second kappa shape index (κ2) is 5.98. The van der Waals surface area contributed by atoms with Crippen LogP contribution < -0.4 is 10.2 Å². The van der Waals surface area contributed by atoms with Gasteiger partial charge in [-0.1, -0.05) is 34.1 Å². The summed E-state index contributed by atoms with van der Waals surface area (Å²) in [5.41, 5.74) is 3.80. The fraction of sp³-hybridized carbons (Fsp3) is 0.294. The number of para-hydroxylation sites is 1. The van der Waals surface area contributed by atoms with Gasteiger partial charge in [0.2, 0.25) is 0 Å². The van der Waals surface area contributed by atoms with Crippen LogP contribution >= 0.6 is 15.9 Å². The average Bonchev–Trinajstić information content (AvgIpc) is 3.30. The molecule has 0 atom stereocenters. The van der Waals surface area contributed by atoms with Crippen LogP contribution in [0.4, 0.5) is 11.4 Å². The van der Waals surface area contributed by atoms with E-state index in [0.29, 0.717) is 0 Å². The molecule has 0 unspecified atom stereocenters. The highest BCUT2D eigenvalue weighted by molar-refractivity contribution is 9.10. The SMILES string of the molecule is CN(c1ccccc1)c1ccc(Br)cc1CNC1CC1. The third-order valence-electron chi connectivity index (χ3n) is 3.70. The Labute approximate surface area is 128 Å². The molecule has 2 nitrogen and oxygen atoms in total. The predicted octanol–water partition coefficient (Wildman–Crippen LogP) is 4.47. The Bertz CT molecular complexity index is 579. The minimum absolute atomic E-state index is 0.726. The molecular formula is C17H19BrN2. The van der Waals surface area contributed by atoms with Crippen LogP contribution in [0.15, 0.2) is 53.0 Å². The quantitative estimate of drug-likeness (QED) is 0.870. The summed E-state index contributed by atoms with van der Waals surface area (Å²) < 4.78 is 1.13. The van der Waals surface area contributed by atoms with Gasteiger partial charge >= 0.3 is 0 Å². The number of anilines is 2. The van der Waals surface area contributed by atoms with Gasteiger partial charge < -0.3 is 10.2 Å². The first kappa shape index (κ1) is 13.7. The molecule has 0 heterocycles. The Morgan fingerprint density at radius 2 is 1.90 bits per heavy atom. The van der Waals surface area contributed by atoms with Crippen molar-refractivity contribution in [1.29, 1.82) is 0 Å². The molecule has 0 bridgehead atoms. The fourth-order valence-electron chi connectivity index (χ4n) is 2.36. The van der Waals surface area contributed by atoms with E-state index in [1.165, 1.54) is 29.8 Å². The van der Waals surface area contributed by atoms with Gasteiger partial charge in [-0.15, -0.1) is 0 Å². The molecular weight excluding hydrogens is 312 g/mol. The summed E-state index contributed by atoms with van der Waals surface area (Å²) in [5, 5.41) is 3.60. The van der Waals surface area contributed by atoms with Gasteiger partial charge in [0.25, 0.3) is 0 Å². The second-order valence-electron chi connectivity index (χ2n) is 5.32. The minimum Gasteiger partial charge on any atom is -0.344 e. The summed E-state index contributed by atoms with van der Waals surface area (Å²) in [4.78, 5) is 2.25. The van der Waals surface area contributed by atoms with Crippen LogP contribution in [0, 0.1) is 0 Å². The van der Waals surface area contributed by atoms with Crippen LogP contribution in [0.1, 0.15) is 18.4 Å². The number of hydrogen-bond acceptors (Lipinski definition) is 2. The van der Waals surface area contributed by atoms with Crippen molar-refractivity contribution < 1.29 is 0 Å². The molecule has 2 aromatic rings. The van der Waals surface area contributed by atoms with E-state index >= 15 is 0 Å². The lowest BCUT2D eigenvalue weighted by Gasteiger charge is -2.23. The summed E-state index contributed by atoms with van der Waals surface area (Å²) in [6, 6.07) is 17.7. The van der Waals surface area contributed by atoms with Crippen LogP contribution in [-0.2, 0) is 6.54 Å². The Balaban J connectivity index is 1.86. The molecule has 1 aliphatic rings. The number of nitrogens with zero attached hydrogens (tertiary/aromatic N) is 1. The van der Waals surface area contributed by atoms with Crippen molar-refractivity contribution in [3.8, 4) is 0 Å². The monoisotopic (exact) mass is 330 g/mol. The van der Waals surface area contributed by atoms with E-state index in [1.54, 1.807) is 0 Å². The lowest BCUT2D eigenvalue weighted by atomic mass is 10.1. The fourth-order valence-corrected chi connectivity index (χ4v) is 2.76. The zero-order valence-corrected chi connectivity index (χ0v) is 13.2. The lowest BCUT2D eigenvalue weighted by molar-refractivity contribution is 0.687. The summed E-state index contributed by atoms with van der Waals surface area (Å²) in [6.45, 7) is 0.927. The number of halogens is 1. The highest BCUT2D eigenvalue weighted by Crippen LogP contribution is 2.30. The van der Waals surface area contributed by atoms with E-state index in [1.807, 2.05) is 0 Å². The Kier molecular flexibility index (Phi) is 4.08. The molecule has 1 saturated carbocycles. The number of nitrogens with one attached hydrogen (secondary N) is 1. The molecule has 0 radical (unpaired) electrons. The first-order valence-electron chi connectivity index (χ1n) is 7.04. The smallest absolute Gasteiger partial charge is 0.0454 e. The largest absolute Gasteiger partial charge is 0.344 e. The van der Waals surface area contributed by atoms with E-state index in [2.05, 4.69) is 81.7 Å². The van der Waals surface area contributed by atoms with Crippen LogP contribution in [0.3, 0.4) is 0 Å². The van der Waals surface area contributed by atoms with Crippen LogP contribution in [-0.4, -0.2) is 13.1 Å². The van der Waals surface area contributed by atoms with Gasteiger partial charge in [-0.25, -0.2) is 0 Å². The molecule has 20 heavy (non-hydrogen) atoms. The topological polar surface area (TPSA) is 15.3 Å². The molecule has 1 fully saturated rings. The minimum atomic E-state index is 0.726. The second-order valence-corrected chi connectivity index (χ2v) is 6.24. The van der Waals surface area contributed by atoms with Gasteiger partial charge in [0.1, 0.15) is 0 Å². The van der Waals surface area contributed by atoms with E-state index in [4.69, 9.17) is 0 Å². The normalized spacial score (nSPS) is 14.3. The number of hydrogen-bond donors (Lipinski definition) is 1. The molecule has 0 amide bonds. The molecule has 1 aliphatic carbocycles. The van der Waals surface area contributed by atoms with Crippen molar-refractivity contribution >= 4 is 27.3 Å². The molecule has 0 spiro atoms. The van der Waals surface area contributed by atoms with Crippen LogP contribution in [0.2, 0.25) is 0 Å². The highest BCUT2D eigenvalue weighted by Gasteiger charge is 2.21. The Hall–Kier alpha value is -1.32. The van der Waals surface area contributed by atoms with Crippen LogP contribution in [0.5, 0.6) is 0 Å². The van der Waals surface area contributed by atoms with Crippen molar-refractivity contribution in [2.24, 2.45) is 0 Å². The van der Waals surface area contributed by atoms with Crippen molar-refractivity contribution in [3.05, 3.63) is 58.6 Å². The highest BCUT2D eigenvalue weighted by atomic mass is 79.9. The molecule has 104 valence electrons. The van der Waals surface area contributed by atoms with E-state index < -0.39 is 0 Å². The third kappa shape index (κ3) is 3.22. The summed E-state index contributed by atoms with van der Waals surface area (Å²) in [5.74, 6) is 0.